The van der Waals surface area contributed by atoms with E-state index >= 15 is 0 Å². The average molecular weight is 692 g/mol. The first-order chi connectivity index (χ1) is 23.7. The summed E-state index contributed by atoms with van der Waals surface area (Å²) >= 11 is 0. The minimum atomic E-state index is -0.400. The van der Waals surface area contributed by atoms with Gasteiger partial charge in [-0.2, -0.15) is 0 Å². The number of piperidine rings is 1. The summed E-state index contributed by atoms with van der Waals surface area (Å²) in [7, 11) is 2.09. The van der Waals surface area contributed by atoms with E-state index in [2.05, 4.69) is 32.7 Å². The third kappa shape index (κ3) is 19.0. The third-order valence-electron chi connectivity index (χ3n) is 11.3. The summed E-state index contributed by atoms with van der Waals surface area (Å²) in [6, 6.07) is 0. The maximum Gasteiger partial charge on any atom is 0.312 e. The van der Waals surface area contributed by atoms with Gasteiger partial charge < -0.3 is 19.1 Å². The molecule has 0 amide bonds. The Morgan fingerprint density at radius 3 is 1.84 bits per heavy atom. The molecule has 0 aromatic carbocycles. The number of hydrogen-bond donors (Lipinski definition) is 0. The molecule has 0 N–H and O–H groups in total. The Hall–Kier alpha value is -1.63. The molecule has 0 bridgehead atoms. The van der Waals surface area contributed by atoms with E-state index in [9.17, 15) is 14.4 Å². The van der Waals surface area contributed by atoms with Crippen LogP contribution in [0.3, 0.4) is 0 Å². The maximum absolute atomic E-state index is 13.6. The summed E-state index contributed by atoms with van der Waals surface area (Å²) in [6.07, 6.45) is 26.6. The fourth-order valence-corrected chi connectivity index (χ4v) is 7.57. The molecular weight excluding hydrogens is 614 g/mol. The van der Waals surface area contributed by atoms with Gasteiger partial charge >= 0.3 is 17.9 Å². The van der Waals surface area contributed by atoms with Gasteiger partial charge in [0.2, 0.25) is 0 Å². The summed E-state index contributed by atoms with van der Waals surface area (Å²) in [5, 5.41) is 0. The van der Waals surface area contributed by atoms with Crippen LogP contribution in [-0.4, -0.2) is 61.8 Å². The Labute approximate surface area is 301 Å². The molecule has 1 aliphatic carbocycles. The first kappa shape index (κ1) is 43.5. The minimum Gasteiger partial charge on any atom is -0.466 e. The molecule has 7 heteroatoms. The van der Waals surface area contributed by atoms with Crippen molar-refractivity contribution in [3.8, 4) is 0 Å². The van der Waals surface area contributed by atoms with Crippen molar-refractivity contribution in [2.24, 2.45) is 17.3 Å². The first-order valence-corrected chi connectivity index (χ1v) is 21.0. The number of likely N-dealkylation sites (tertiary alicyclic amines) is 1. The van der Waals surface area contributed by atoms with Crippen LogP contribution >= 0.6 is 0 Å². The quantitative estimate of drug-likeness (QED) is 0.0459. The van der Waals surface area contributed by atoms with E-state index in [1.54, 1.807) is 0 Å². The van der Waals surface area contributed by atoms with Gasteiger partial charge in [0.1, 0.15) is 12.2 Å². The van der Waals surface area contributed by atoms with Crippen molar-refractivity contribution in [1.29, 1.82) is 0 Å². The number of esters is 3. The van der Waals surface area contributed by atoms with Crippen LogP contribution in [0.1, 0.15) is 195 Å². The summed E-state index contributed by atoms with van der Waals surface area (Å²) in [5.74, 6) is -0.143. The van der Waals surface area contributed by atoms with Crippen LogP contribution in [0, 0.1) is 17.3 Å². The number of ether oxygens (including phenoxy) is 3. The van der Waals surface area contributed by atoms with Crippen molar-refractivity contribution < 1.29 is 28.6 Å². The highest BCUT2D eigenvalue weighted by atomic mass is 16.6. The molecule has 2 aliphatic rings. The zero-order valence-electron chi connectivity index (χ0n) is 32.7. The van der Waals surface area contributed by atoms with Crippen LogP contribution in [0.2, 0.25) is 0 Å². The molecule has 4 atom stereocenters. The molecule has 7 nitrogen and oxygen atoms in total. The molecule has 49 heavy (non-hydrogen) atoms. The topological polar surface area (TPSA) is 82.1 Å². The molecule has 2 fully saturated rings. The molecule has 0 radical (unpaired) electrons. The molecule has 1 saturated carbocycles. The van der Waals surface area contributed by atoms with Crippen LogP contribution in [0.5, 0.6) is 0 Å². The van der Waals surface area contributed by atoms with Crippen molar-refractivity contribution in [3.63, 3.8) is 0 Å². The number of nitrogens with zero attached hydrogens (tertiary/aromatic N) is 1. The Kier molecular flexibility index (Phi) is 23.3. The van der Waals surface area contributed by atoms with Crippen LogP contribution in [0.4, 0.5) is 0 Å². The Balaban J connectivity index is 1.83. The van der Waals surface area contributed by atoms with E-state index in [4.69, 9.17) is 14.2 Å². The summed E-state index contributed by atoms with van der Waals surface area (Å²) < 4.78 is 17.9. The second kappa shape index (κ2) is 26.2. The number of hydrogen-bond acceptors (Lipinski definition) is 7. The van der Waals surface area contributed by atoms with Crippen molar-refractivity contribution in [2.45, 2.75) is 207 Å². The predicted octanol–water partition coefficient (Wildman–Crippen LogP) is 10.8. The molecule has 0 spiro atoms. The van der Waals surface area contributed by atoms with Crippen molar-refractivity contribution in [2.75, 3.05) is 26.7 Å². The van der Waals surface area contributed by atoms with Crippen LogP contribution in [-0.2, 0) is 28.6 Å². The number of rotatable bonds is 28. The zero-order chi connectivity index (χ0) is 35.7. The predicted molar refractivity (Wildman–Crippen MR) is 200 cm³/mol. The van der Waals surface area contributed by atoms with Gasteiger partial charge in [-0.15, -0.1) is 0 Å². The maximum atomic E-state index is 13.6. The Bertz CT molecular complexity index is 884. The largest absolute Gasteiger partial charge is 0.466 e. The summed E-state index contributed by atoms with van der Waals surface area (Å²) in [4.78, 5) is 41.7. The average Bonchev–Trinajstić information content (AvgIpc) is 3.52. The van der Waals surface area contributed by atoms with E-state index in [1.165, 1.54) is 77.0 Å². The van der Waals surface area contributed by atoms with E-state index < -0.39 is 5.41 Å². The lowest BCUT2D eigenvalue weighted by molar-refractivity contribution is -0.163. The van der Waals surface area contributed by atoms with Crippen molar-refractivity contribution in [1.82, 2.24) is 4.90 Å². The van der Waals surface area contributed by atoms with Gasteiger partial charge in [0.05, 0.1) is 17.9 Å². The molecule has 1 aliphatic heterocycles. The van der Waals surface area contributed by atoms with Crippen molar-refractivity contribution >= 4 is 17.9 Å². The molecule has 0 aromatic rings. The van der Waals surface area contributed by atoms with E-state index in [-0.39, 0.29) is 48.6 Å². The normalized spacial score (nSPS) is 20.5. The van der Waals surface area contributed by atoms with Gasteiger partial charge in [-0.05, 0) is 90.8 Å². The van der Waals surface area contributed by atoms with Crippen LogP contribution in [0.15, 0.2) is 0 Å². The van der Waals surface area contributed by atoms with Crippen LogP contribution in [0.25, 0.3) is 0 Å². The Morgan fingerprint density at radius 1 is 0.714 bits per heavy atom. The van der Waals surface area contributed by atoms with Gasteiger partial charge in [-0.1, -0.05) is 117 Å². The van der Waals surface area contributed by atoms with Gasteiger partial charge in [0.25, 0.3) is 0 Å². The highest BCUT2D eigenvalue weighted by Gasteiger charge is 2.40. The summed E-state index contributed by atoms with van der Waals surface area (Å²) in [5.41, 5.74) is -0.400. The van der Waals surface area contributed by atoms with E-state index in [1.807, 2.05) is 6.92 Å². The number of unbranched alkanes of at least 4 members (excludes halogenated alkanes) is 13. The molecule has 2 rings (SSSR count). The minimum absolute atomic E-state index is 0.0240. The molecule has 0 aromatic heterocycles. The van der Waals surface area contributed by atoms with Gasteiger partial charge in [0.15, 0.2) is 0 Å². The highest BCUT2D eigenvalue weighted by Crippen LogP contribution is 2.36. The monoisotopic (exact) mass is 692 g/mol. The molecule has 4 unspecified atom stereocenters. The zero-order valence-corrected chi connectivity index (χ0v) is 32.7. The lowest BCUT2D eigenvalue weighted by atomic mass is 9.80. The molecule has 1 heterocycles. The second-order valence-electron chi connectivity index (χ2n) is 16.0. The number of carbonyl (C=O) groups is 3. The SMILES string of the molecule is CCCCCCCCC(CCOC(=O)CC1CCC(OC(=O)C2(C)CCN(C)CC2)C1)OC(=O)C(CCCCCC)CCCCCCCC. The lowest BCUT2D eigenvalue weighted by Crippen LogP contribution is -2.42. The van der Waals surface area contributed by atoms with Crippen LogP contribution < -0.4 is 0 Å². The smallest absolute Gasteiger partial charge is 0.312 e. The second-order valence-corrected chi connectivity index (χ2v) is 16.0. The third-order valence-corrected chi connectivity index (χ3v) is 11.3. The molecule has 286 valence electrons. The van der Waals surface area contributed by atoms with E-state index in [0.29, 0.717) is 12.8 Å². The Morgan fingerprint density at radius 2 is 1.24 bits per heavy atom. The fourth-order valence-electron chi connectivity index (χ4n) is 7.57. The highest BCUT2D eigenvalue weighted by molar-refractivity contribution is 5.77. The van der Waals surface area contributed by atoms with Gasteiger partial charge in [-0.25, -0.2) is 0 Å². The molecular formula is C42H77NO6. The first-order valence-electron chi connectivity index (χ1n) is 21.0. The summed E-state index contributed by atoms with van der Waals surface area (Å²) in [6.45, 7) is 10.9. The standard InChI is InChI=1S/C42H77NO6/c1-6-9-12-15-17-20-23-36(22-19-14-11-8-3)40(45)48-37(24-21-18-16-13-10-7-2)27-32-47-39(44)34-35-25-26-38(33-35)49-41(46)42(4)28-30-43(5)31-29-42/h35-38H,6-34H2,1-5H3. The fraction of sp³-hybridized carbons (Fsp3) is 0.929. The van der Waals surface area contributed by atoms with E-state index in [0.717, 1.165) is 90.1 Å². The molecule has 1 saturated heterocycles. The lowest BCUT2D eigenvalue weighted by Gasteiger charge is -2.36. The van der Waals surface area contributed by atoms with Crippen molar-refractivity contribution in [3.05, 3.63) is 0 Å². The number of carbonyl (C=O) groups excluding carboxylic acids is 3. The van der Waals surface area contributed by atoms with Gasteiger partial charge in [-0.3, -0.25) is 14.4 Å². The van der Waals surface area contributed by atoms with Gasteiger partial charge in [0, 0.05) is 12.8 Å².